The van der Waals surface area contributed by atoms with Gasteiger partial charge in [0, 0.05) is 13.3 Å². The van der Waals surface area contributed by atoms with E-state index in [1.54, 1.807) is 7.11 Å². The number of hydrogen-bond donors (Lipinski definition) is 0. The van der Waals surface area contributed by atoms with Crippen LogP contribution in [0.2, 0.25) is 0 Å². The Morgan fingerprint density at radius 1 is 1.26 bits per heavy atom. The van der Waals surface area contributed by atoms with E-state index >= 15 is 0 Å². The number of hydrogen-bond acceptors (Lipinski definition) is 3. The Bertz CT molecular complexity index is 470. The molecule has 0 aromatic carbocycles. The van der Waals surface area contributed by atoms with E-state index in [2.05, 4.69) is 37.7 Å². The smallest absolute Gasteiger partial charge is 0.0874 e. The number of aryl methyl sites for hydroxylation is 2. The molecular formula is C16H26N2O. The summed E-state index contributed by atoms with van der Waals surface area (Å²) in [6, 6.07) is 0. The number of nitrogens with zero attached hydrogens (tertiary/aromatic N) is 2. The molecule has 0 saturated carbocycles. The van der Waals surface area contributed by atoms with Gasteiger partial charge in [-0.2, -0.15) is 0 Å². The molecule has 0 N–H and O–H groups in total. The van der Waals surface area contributed by atoms with Crippen molar-refractivity contribution in [1.82, 2.24) is 9.97 Å². The molecule has 0 atom stereocenters. The van der Waals surface area contributed by atoms with Crippen LogP contribution in [0.25, 0.3) is 5.57 Å². The van der Waals surface area contributed by atoms with Gasteiger partial charge in [0.05, 0.1) is 23.7 Å². The molecule has 1 heterocycles. The monoisotopic (exact) mass is 262 g/mol. The number of rotatable bonds is 4. The van der Waals surface area contributed by atoms with Crippen molar-refractivity contribution in [3.63, 3.8) is 0 Å². The predicted molar refractivity (Wildman–Crippen MR) is 80.0 cm³/mol. The van der Waals surface area contributed by atoms with Crippen LogP contribution < -0.4 is 0 Å². The fraction of sp³-hybridized carbons (Fsp3) is 0.625. The Morgan fingerprint density at radius 2 is 1.89 bits per heavy atom. The predicted octanol–water partition coefficient (Wildman–Crippen LogP) is 3.95. The molecule has 0 fully saturated rings. The second kappa shape index (κ2) is 6.29. The second-order valence-corrected chi connectivity index (χ2v) is 6.04. The first-order chi connectivity index (χ1) is 8.77. The van der Waals surface area contributed by atoms with E-state index in [-0.39, 0.29) is 5.41 Å². The third-order valence-corrected chi connectivity index (χ3v) is 3.49. The highest BCUT2D eigenvalue weighted by Gasteiger charge is 2.20. The summed E-state index contributed by atoms with van der Waals surface area (Å²) in [5.41, 5.74) is 5.71. The zero-order valence-corrected chi connectivity index (χ0v) is 13.3. The van der Waals surface area contributed by atoms with Gasteiger partial charge in [-0.15, -0.1) is 0 Å². The van der Waals surface area contributed by atoms with Gasteiger partial charge in [-0.3, -0.25) is 9.97 Å². The fourth-order valence-electron chi connectivity index (χ4n) is 2.03. The van der Waals surface area contributed by atoms with Crippen molar-refractivity contribution in [1.29, 1.82) is 0 Å². The number of aromatic nitrogens is 2. The summed E-state index contributed by atoms with van der Waals surface area (Å²) < 4.78 is 5.24. The topological polar surface area (TPSA) is 35.0 Å². The lowest BCUT2D eigenvalue weighted by molar-refractivity contribution is 0.205. The zero-order valence-electron chi connectivity index (χ0n) is 13.3. The number of methoxy groups -OCH3 is 1. The van der Waals surface area contributed by atoms with Crippen LogP contribution in [-0.4, -0.2) is 23.7 Å². The molecule has 1 rings (SSSR count). The van der Waals surface area contributed by atoms with Crippen LogP contribution in [0, 0.1) is 19.3 Å². The highest BCUT2D eigenvalue weighted by atomic mass is 16.5. The Kier molecular flexibility index (Phi) is 5.24. The summed E-state index contributed by atoms with van der Waals surface area (Å²) >= 11 is 0. The van der Waals surface area contributed by atoms with Gasteiger partial charge < -0.3 is 4.74 Å². The maximum absolute atomic E-state index is 5.24. The molecule has 0 amide bonds. The minimum absolute atomic E-state index is 0.127. The summed E-state index contributed by atoms with van der Waals surface area (Å²) in [7, 11) is 1.73. The third kappa shape index (κ3) is 4.13. The van der Waals surface area contributed by atoms with Crippen LogP contribution in [-0.2, 0) is 4.74 Å². The van der Waals surface area contributed by atoms with E-state index < -0.39 is 0 Å². The van der Waals surface area contributed by atoms with Gasteiger partial charge in [-0.25, -0.2) is 0 Å². The normalized spacial score (nSPS) is 13.4. The molecule has 0 radical (unpaired) electrons. The van der Waals surface area contributed by atoms with E-state index in [9.17, 15) is 0 Å². The molecule has 0 bridgehead atoms. The largest absolute Gasteiger partial charge is 0.384 e. The average molecular weight is 262 g/mol. The van der Waals surface area contributed by atoms with Crippen molar-refractivity contribution in [3.8, 4) is 0 Å². The lowest BCUT2D eigenvalue weighted by Crippen LogP contribution is -2.12. The Morgan fingerprint density at radius 3 is 2.37 bits per heavy atom. The van der Waals surface area contributed by atoms with Crippen LogP contribution in [0.4, 0.5) is 0 Å². The SMILES string of the molecule is COCC/C(=C(/C)C(C)(C)C)c1ncc(C)nc1C. The molecule has 3 nitrogen and oxygen atoms in total. The molecule has 106 valence electrons. The minimum Gasteiger partial charge on any atom is -0.384 e. The lowest BCUT2D eigenvalue weighted by Gasteiger charge is -2.24. The molecule has 0 spiro atoms. The third-order valence-electron chi connectivity index (χ3n) is 3.49. The summed E-state index contributed by atoms with van der Waals surface area (Å²) in [5, 5.41) is 0. The number of allylic oxidation sites excluding steroid dienone is 1. The van der Waals surface area contributed by atoms with Crippen LogP contribution in [0.1, 0.15) is 51.2 Å². The minimum atomic E-state index is 0.127. The Hall–Kier alpha value is -1.22. The first-order valence-electron chi connectivity index (χ1n) is 6.77. The molecular weight excluding hydrogens is 236 g/mol. The summed E-state index contributed by atoms with van der Waals surface area (Å²) in [6.45, 7) is 13.6. The van der Waals surface area contributed by atoms with Gasteiger partial charge in [0.25, 0.3) is 0 Å². The Labute approximate surface area is 117 Å². The molecule has 3 heteroatoms. The van der Waals surface area contributed by atoms with Crippen LogP contribution in [0.3, 0.4) is 0 Å². The van der Waals surface area contributed by atoms with Gasteiger partial charge in [-0.05, 0) is 38.2 Å². The summed E-state index contributed by atoms with van der Waals surface area (Å²) in [5.74, 6) is 0. The van der Waals surface area contributed by atoms with E-state index in [1.165, 1.54) is 11.1 Å². The number of ether oxygens (including phenoxy) is 1. The highest BCUT2D eigenvalue weighted by Crippen LogP contribution is 2.33. The molecule has 0 aliphatic heterocycles. The van der Waals surface area contributed by atoms with E-state index in [1.807, 2.05) is 20.0 Å². The van der Waals surface area contributed by atoms with E-state index in [0.29, 0.717) is 6.61 Å². The molecule has 1 aromatic heterocycles. The zero-order chi connectivity index (χ0) is 14.6. The average Bonchev–Trinajstić information content (AvgIpc) is 2.30. The van der Waals surface area contributed by atoms with Gasteiger partial charge in [-0.1, -0.05) is 26.3 Å². The van der Waals surface area contributed by atoms with Gasteiger partial charge >= 0.3 is 0 Å². The molecule has 19 heavy (non-hydrogen) atoms. The maximum Gasteiger partial charge on any atom is 0.0874 e. The summed E-state index contributed by atoms with van der Waals surface area (Å²) in [4.78, 5) is 9.12. The van der Waals surface area contributed by atoms with Crippen LogP contribution >= 0.6 is 0 Å². The first kappa shape index (κ1) is 15.8. The van der Waals surface area contributed by atoms with E-state index in [0.717, 1.165) is 23.5 Å². The molecule has 0 aliphatic rings. The van der Waals surface area contributed by atoms with Crippen molar-refractivity contribution in [2.75, 3.05) is 13.7 Å². The van der Waals surface area contributed by atoms with E-state index in [4.69, 9.17) is 4.74 Å². The van der Waals surface area contributed by atoms with Gasteiger partial charge in [0.2, 0.25) is 0 Å². The fourth-order valence-corrected chi connectivity index (χ4v) is 2.03. The van der Waals surface area contributed by atoms with Crippen LogP contribution in [0.5, 0.6) is 0 Å². The summed E-state index contributed by atoms with van der Waals surface area (Å²) in [6.07, 6.45) is 2.71. The Balaban J connectivity index is 3.32. The molecule has 0 saturated heterocycles. The molecule has 0 unspecified atom stereocenters. The van der Waals surface area contributed by atoms with Crippen LogP contribution in [0.15, 0.2) is 11.8 Å². The van der Waals surface area contributed by atoms with Crippen molar-refractivity contribution in [2.45, 2.75) is 48.0 Å². The highest BCUT2D eigenvalue weighted by molar-refractivity contribution is 5.68. The quantitative estimate of drug-likeness (QED) is 0.824. The molecule has 1 aromatic rings. The molecule has 0 aliphatic carbocycles. The van der Waals surface area contributed by atoms with Crippen molar-refractivity contribution in [2.24, 2.45) is 5.41 Å². The van der Waals surface area contributed by atoms with Gasteiger partial charge in [0.15, 0.2) is 0 Å². The standard InChI is InChI=1S/C16H26N2O/c1-11-10-17-15(13(3)18-11)14(8-9-19-7)12(2)16(4,5)6/h10H,8-9H2,1-7H3/b14-12+. The first-order valence-corrected chi connectivity index (χ1v) is 6.77. The lowest BCUT2D eigenvalue weighted by atomic mass is 9.82. The van der Waals surface area contributed by atoms with Crippen molar-refractivity contribution in [3.05, 3.63) is 28.9 Å². The maximum atomic E-state index is 5.24. The van der Waals surface area contributed by atoms with Crippen molar-refractivity contribution >= 4 is 5.57 Å². The van der Waals surface area contributed by atoms with Crippen molar-refractivity contribution < 1.29 is 4.74 Å². The second-order valence-electron chi connectivity index (χ2n) is 6.04. The van der Waals surface area contributed by atoms with Gasteiger partial charge in [0.1, 0.15) is 0 Å².